The molecule has 1 aliphatic rings. The van der Waals surface area contributed by atoms with Gasteiger partial charge in [0, 0.05) is 11.1 Å². The van der Waals surface area contributed by atoms with E-state index in [1.807, 2.05) is 6.92 Å². The van der Waals surface area contributed by atoms with Gasteiger partial charge in [0.05, 0.1) is 11.1 Å². The van der Waals surface area contributed by atoms with Gasteiger partial charge in [-0.3, -0.25) is 9.59 Å². The highest BCUT2D eigenvalue weighted by molar-refractivity contribution is 6.30. The number of rotatable bonds is 0. The average molecular weight is 268 g/mol. The van der Waals surface area contributed by atoms with Crippen LogP contribution in [0.2, 0.25) is 0 Å². The topological polar surface area (TPSA) is 74.6 Å². The SMILES string of the molecule is Cc1ccc2c(c1C)C(=O)c1c(O)ccc(O)c1C2=O. The van der Waals surface area contributed by atoms with E-state index < -0.39 is 11.6 Å². The summed E-state index contributed by atoms with van der Waals surface area (Å²) in [5.41, 5.74) is 1.96. The van der Waals surface area contributed by atoms with Gasteiger partial charge in [-0.15, -0.1) is 0 Å². The number of carbonyl (C=O) groups is 2. The summed E-state index contributed by atoms with van der Waals surface area (Å²) in [7, 11) is 0. The second kappa shape index (κ2) is 3.93. The fourth-order valence-electron chi connectivity index (χ4n) is 2.60. The van der Waals surface area contributed by atoms with Gasteiger partial charge in [-0.25, -0.2) is 0 Å². The quantitative estimate of drug-likeness (QED) is 0.614. The Morgan fingerprint density at radius 3 is 1.90 bits per heavy atom. The molecule has 0 bridgehead atoms. The van der Waals surface area contributed by atoms with Gasteiger partial charge >= 0.3 is 0 Å². The summed E-state index contributed by atoms with van der Waals surface area (Å²) in [5.74, 6) is -1.45. The van der Waals surface area contributed by atoms with Crippen molar-refractivity contribution in [2.24, 2.45) is 0 Å². The number of benzene rings is 2. The van der Waals surface area contributed by atoms with Crippen molar-refractivity contribution in [1.29, 1.82) is 0 Å². The summed E-state index contributed by atoms with van der Waals surface area (Å²) >= 11 is 0. The molecular formula is C16H12O4. The van der Waals surface area contributed by atoms with Gasteiger partial charge in [0.15, 0.2) is 11.6 Å². The van der Waals surface area contributed by atoms with E-state index in [0.29, 0.717) is 11.1 Å². The molecule has 0 aliphatic heterocycles. The first-order valence-corrected chi connectivity index (χ1v) is 6.18. The molecule has 0 saturated heterocycles. The van der Waals surface area contributed by atoms with Crippen LogP contribution in [0, 0.1) is 13.8 Å². The zero-order valence-electron chi connectivity index (χ0n) is 11.0. The summed E-state index contributed by atoms with van der Waals surface area (Å²) < 4.78 is 0. The van der Waals surface area contributed by atoms with Crippen LogP contribution < -0.4 is 0 Å². The molecule has 0 aromatic heterocycles. The minimum atomic E-state index is -0.439. The normalized spacial score (nSPS) is 13.1. The molecule has 3 rings (SSSR count). The van der Waals surface area contributed by atoms with Crippen LogP contribution in [0.15, 0.2) is 24.3 Å². The van der Waals surface area contributed by atoms with E-state index in [1.165, 1.54) is 12.1 Å². The molecule has 0 heterocycles. The lowest BCUT2D eigenvalue weighted by Gasteiger charge is -2.21. The third-order valence-corrected chi connectivity index (χ3v) is 3.82. The molecule has 0 saturated carbocycles. The minimum absolute atomic E-state index is 0.115. The van der Waals surface area contributed by atoms with E-state index >= 15 is 0 Å². The monoisotopic (exact) mass is 268 g/mol. The van der Waals surface area contributed by atoms with Crippen molar-refractivity contribution >= 4 is 11.6 Å². The Labute approximate surface area is 115 Å². The largest absolute Gasteiger partial charge is 0.507 e. The zero-order valence-corrected chi connectivity index (χ0v) is 11.0. The maximum Gasteiger partial charge on any atom is 0.198 e. The van der Waals surface area contributed by atoms with Crippen LogP contribution in [-0.2, 0) is 0 Å². The van der Waals surface area contributed by atoms with Gasteiger partial charge in [0.1, 0.15) is 11.5 Å². The van der Waals surface area contributed by atoms with Crippen molar-refractivity contribution < 1.29 is 19.8 Å². The molecule has 0 radical (unpaired) electrons. The second-order valence-electron chi connectivity index (χ2n) is 4.94. The van der Waals surface area contributed by atoms with Crippen LogP contribution in [0.25, 0.3) is 0 Å². The number of carbonyl (C=O) groups excluding carboxylic acids is 2. The van der Waals surface area contributed by atoms with Gasteiger partial charge in [-0.1, -0.05) is 12.1 Å². The Morgan fingerprint density at radius 1 is 0.750 bits per heavy atom. The molecule has 20 heavy (non-hydrogen) atoms. The number of hydrogen-bond acceptors (Lipinski definition) is 4. The van der Waals surface area contributed by atoms with E-state index in [1.54, 1.807) is 19.1 Å². The van der Waals surface area contributed by atoms with E-state index in [2.05, 4.69) is 0 Å². The molecule has 4 nitrogen and oxygen atoms in total. The van der Waals surface area contributed by atoms with Crippen molar-refractivity contribution in [3.8, 4) is 11.5 Å². The van der Waals surface area contributed by atoms with Crippen LogP contribution in [0.3, 0.4) is 0 Å². The Kier molecular flexibility index (Phi) is 2.44. The van der Waals surface area contributed by atoms with Crippen LogP contribution in [0.1, 0.15) is 43.0 Å². The molecule has 0 unspecified atom stereocenters. The molecule has 0 atom stereocenters. The summed E-state index contributed by atoms with van der Waals surface area (Å²) in [6.45, 7) is 3.62. The number of ketones is 2. The fourth-order valence-corrected chi connectivity index (χ4v) is 2.60. The first-order valence-electron chi connectivity index (χ1n) is 6.18. The number of aromatic hydroxyl groups is 2. The first kappa shape index (κ1) is 12.4. The molecular weight excluding hydrogens is 256 g/mol. The smallest absolute Gasteiger partial charge is 0.198 e. The van der Waals surface area contributed by atoms with E-state index in [-0.39, 0.29) is 28.2 Å². The molecule has 2 aromatic rings. The predicted octanol–water partition coefficient (Wildman–Crippen LogP) is 2.49. The summed E-state index contributed by atoms with van der Waals surface area (Å²) in [5, 5.41) is 19.7. The standard InChI is InChI=1S/C16H12O4/c1-7-3-4-9-12(8(7)2)16(20)14-11(18)6-5-10(17)13(14)15(9)19/h3-6,17-18H,1-2H3. The molecule has 1 aliphatic carbocycles. The van der Waals surface area contributed by atoms with Gasteiger partial charge in [-0.05, 0) is 37.1 Å². The van der Waals surface area contributed by atoms with Crippen molar-refractivity contribution in [3.63, 3.8) is 0 Å². The number of phenols is 2. The van der Waals surface area contributed by atoms with E-state index in [0.717, 1.165) is 5.56 Å². The van der Waals surface area contributed by atoms with Crippen LogP contribution in [0.5, 0.6) is 11.5 Å². The van der Waals surface area contributed by atoms with Gasteiger partial charge in [0.2, 0.25) is 0 Å². The minimum Gasteiger partial charge on any atom is -0.507 e. The lowest BCUT2D eigenvalue weighted by Crippen LogP contribution is -2.22. The molecule has 2 N–H and O–H groups in total. The second-order valence-corrected chi connectivity index (χ2v) is 4.94. The molecule has 0 fully saturated rings. The lowest BCUT2D eigenvalue weighted by atomic mass is 9.80. The highest BCUT2D eigenvalue weighted by Gasteiger charge is 2.35. The predicted molar refractivity (Wildman–Crippen MR) is 72.6 cm³/mol. The highest BCUT2D eigenvalue weighted by atomic mass is 16.3. The molecule has 4 heteroatoms. The average Bonchev–Trinajstić information content (AvgIpc) is 2.41. The van der Waals surface area contributed by atoms with Gasteiger partial charge in [-0.2, -0.15) is 0 Å². The molecule has 0 spiro atoms. The zero-order chi connectivity index (χ0) is 14.6. The third kappa shape index (κ3) is 1.42. The molecule has 100 valence electrons. The maximum atomic E-state index is 12.6. The Bertz CT molecular complexity index is 784. The summed E-state index contributed by atoms with van der Waals surface area (Å²) in [4.78, 5) is 25.0. The number of hydrogen-bond donors (Lipinski definition) is 2. The van der Waals surface area contributed by atoms with Gasteiger partial charge < -0.3 is 10.2 Å². The number of phenolic OH excluding ortho intramolecular Hbond substituents is 2. The third-order valence-electron chi connectivity index (χ3n) is 3.82. The van der Waals surface area contributed by atoms with Gasteiger partial charge in [0.25, 0.3) is 0 Å². The Balaban J connectivity index is 2.43. The van der Waals surface area contributed by atoms with Crippen molar-refractivity contribution in [3.05, 3.63) is 57.6 Å². The lowest BCUT2D eigenvalue weighted by molar-refractivity contribution is 0.0973. The van der Waals surface area contributed by atoms with Crippen LogP contribution in [0.4, 0.5) is 0 Å². The highest BCUT2D eigenvalue weighted by Crippen LogP contribution is 2.38. The van der Waals surface area contributed by atoms with Crippen molar-refractivity contribution in [2.75, 3.05) is 0 Å². The first-order chi connectivity index (χ1) is 9.43. The van der Waals surface area contributed by atoms with E-state index in [9.17, 15) is 19.8 Å². The van der Waals surface area contributed by atoms with Crippen LogP contribution >= 0.6 is 0 Å². The molecule has 2 aromatic carbocycles. The van der Waals surface area contributed by atoms with Crippen LogP contribution in [-0.4, -0.2) is 21.8 Å². The Morgan fingerprint density at radius 2 is 1.30 bits per heavy atom. The van der Waals surface area contributed by atoms with Crippen molar-refractivity contribution in [2.45, 2.75) is 13.8 Å². The number of fused-ring (bicyclic) bond motifs is 2. The molecule has 0 amide bonds. The summed E-state index contributed by atoms with van der Waals surface area (Å²) in [6.07, 6.45) is 0. The Hall–Kier alpha value is -2.62. The fraction of sp³-hybridized carbons (Fsp3) is 0.125. The number of aryl methyl sites for hydroxylation is 1. The van der Waals surface area contributed by atoms with Crippen molar-refractivity contribution in [1.82, 2.24) is 0 Å². The maximum absolute atomic E-state index is 12.6. The summed E-state index contributed by atoms with van der Waals surface area (Å²) in [6, 6.07) is 5.79. The van der Waals surface area contributed by atoms with E-state index in [4.69, 9.17) is 0 Å².